The Labute approximate surface area is 166 Å². The Balaban J connectivity index is 1.90. The van der Waals surface area contributed by atoms with Crippen LogP contribution in [0.25, 0.3) is 0 Å². The lowest BCUT2D eigenvalue weighted by Crippen LogP contribution is -2.54. The smallest absolute Gasteiger partial charge is 0.250 e. The molecular formula is C19H21ClN4O4. The molecule has 0 radical (unpaired) electrons. The number of nitrogens with zero attached hydrogens (tertiary/aromatic N) is 1. The minimum Gasteiger partial charge on any atom is -0.370 e. The van der Waals surface area contributed by atoms with Crippen LogP contribution in [0.5, 0.6) is 0 Å². The molecule has 1 aromatic rings. The summed E-state index contributed by atoms with van der Waals surface area (Å²) in [5.74, 6) is -3.65. The topological polar surface area (TPSA) is 122 Å². The predicted octanol–water partition coefficient (Wildman–Crippen LogP) is 0.734. The monoisotopic (exact) mass is 404 g/mol. The van der Waals surface area contributed by atoms with Gasteiger partial charge < -0.3 is 11.1 Å². The van der Waals surface area contributed by atoms with E-state index in [1.165, 1.54) is 4.90 Å². The lowest BCUT2D eigenvalue weighted by atomic mass is 9.76. The molecule has 2 fully saturated rings. The molecule has 1 aromatic carbocycles. The number of fused-ring (bicyclic) bond motifs is 4. The summed E-state index contributed by atoms with van der Waals surface area (Å²) in [5.41, 5.74) is 4.86. The van der Waals surface area contributed by atoms with E-state index in [0.717, 1.165) is 0 Å². The molecule has 8 nitrogen and oxygen atoms in total. The molecule has 4 rings (SSSR count). The zero-order chi connectivity index (χ0) is 20.4. The number of likely N-dealkylation sites (tertiary alicyclic amines) is 1. The van der Waals surface area contributed by atoms with Gasteiger partial charge in [0.15, 0.2) is 0 Å². The summed E-state index contributed by atoms with van der Waals surface area (Å²) in [6, 6.07) is 4.01. The van der Waals surface area contributed by atoms with Gasteiger partial charge in [0.2, 0.25) is 23.6 Å². The number of nitrogens with one attached hydrogen (secondary N) is 2. The number of anilines is 1. The number of halogens is 1. The van der Waals surface area contributed by atoms with Gasteiger partial charge >= 0.3 is 0 Å². The van der Waals surface area contributed by atoms with Crippen LogP contribution in [-0.4, -0.2) is 40.6 Å². The van der Waals surface area contributed by atoms with Gasteiger partial charge in [0.25, 0.3) is 0 Å². The first-order valence-corrected chi connectivity index (χ1v) is 9.65. The highest BCUT2D eigenvalue weighted by atomic mass is 35.5. The zero-order valence-corrected chi connectivity index (χ0v) is 16.2. The van der Waals surface area contributed by atoms with Crippen molar-refractivity contribution in [3.63, 3.8) is 0 Å². The lowest BCUT2D eigenvalue weighted by molar-refractivity contribution is -0.145. The Hall–Kier alpha value is -2.45. The van der Waals surface area contributed by atoms with Crippen LogP contribution in [-0.2, 0) is 24.7 Å². The SMILES string of the molecule is CC[C@H](C)N1C(=O)[C@@H]2[C@H](CC(N)=O)N[C@]3(C(=O)Nc4c(Cl)cccc43)[C@@H]2C1=O. The molecule has 3 heterocycles. The number of imide groups is 1. The highest BCUT2D eigenvalue weighted by molar-refractivity contribution is 6.35. The molecule has 1 spiro atoms. The summed E-state index contributed by atoms with van der Waals surface area (Å²) in [5, 5.41) is 6.22. The minimum absolute atomic E-state index is 0.153. The second-order valence-electron chi connectivity index (χ2n) is 7.65. The number of carbonyl (C=O) groups is 4. The summed E-state index contributed by atoms with van der Waals surface area (Å²) < 4.78 is 0. The van der Waals surface area contributed by atoms with Gasteiger partial charge in [-0.25, -0.2) is 0 Å². The molecule has 3 aliphatic rings. The Morgan fingerprint density at radius 2 is 2.04 bits per heavy atom. The third-order valence-electron chi connectivity index (χ3n) is 6.19. The summed E-state index contributed by atoms with van der Waals surface area (Å²) in [6.07, 6.45) is 0.436. The highest BCUT2D eigenvalue weighted by Gasteiger charge is 2.70. The second-order valence-corrected chi connectivity index (χ2v) is 8.06. The molecule has 3 aliphatic heterocycles. The van der Waals surface area contributed by atoms with Crippen molar-refractivity contribution in [2.24, 2.45) is 17.6 Å². The fraction of sp³-hybridized carbons (Fsp3) is 0.474. The molecule has 4 N–H and O–H groups in total. The van der Waals surface area contributed by atoms with E-state index >= 15 is 0 Å². The van der Waals surface area contributed by atoms with Gasteiger partial charge in [0.1, 0.15) is 5.54 Å². The summed E-state index contributed by atoms with van der Waals surface area (Å²) in [4.78, 5) is 52.6. The van der Waals surface area contributed by atoms with Gasteiger partial charge in [-0.05, 0) is 19.4 Å². The molecule has 28 heavy (non-hydrogen) atoms. The first-order chi connectivity index (χ1) is 13.2. The molecule has 4 amide bonds. The van der Waals surface area contributed by atoms with E-state index in [-0.39, 0.29) is 18.4 Å². The van der Waals surface area contributed by atoms with Gasteiger partial charge in [0.05, 0.1) is 22.5 Å². The molecular weight excluding hydrogens is 384 g/mol. The second kappa shape index (κ2) is 6.28. The molecule has 148 valence electrons. The number of para-hydroxylation sites is 1. The first kappa shape index (κ1) is 18.9. The lowest BCUT2D eigenvalue weighted by Gasteiger charge is -2.31. The molecule has 2 saturated heterocycles. The maximum atomic E-state index is 13.4. The first-order valence-electron chi connectivity index (χ1n) is 9.27. The van der Waals surface area contributed by atoms with Crippen LogP contribution in [0, 0.1) is 11.8 Å². The normalized spacial score (nSPS) is 31.9. The van der Waals surface area contributed by atoms with Crippen LogP contribution in [0.3, 0.4) is 0 Å². The molecule has 0 bridgehead atoms. The van der Waals surface area contributed by atoms with Crippen molar-refractivity contribution in [2.75, 3.05) is 5.32 Å². The van der Waals surface area contributed by atoms with Crippen LogP contribution >= 0.6 is 11.6 Å². The van der Waals surface area contributed by atoms with E-state index in [9.17, 15) is 19.2 Å². The van der Waals surface area contributed by atoms with E-state index in [1.807, 2.05) is 6.92 Å². The largest absolute Gasteiger partial charge is 0.370 e. The van der Waals surface area contributed by atoms with Crippen molar-refractivity contribution in [1.82, 2.24) is 10.2 Å². The molecule has 5 atom stereocenters. The Morgan fingerprint density at radius 3 is 2.68 bits per heavy atom. The van der Waals surface area contributed by atoms with Gasteiger partial charge in [-0.3, -0.25) is 29.4 Å². The number of benzene rings is 1. The number of primary amides is 1. The van der Waals surface area contributed by atoms with Gasteiger partial charge in [-0.15, -0.1) is 0 Å². The van der Waals surface area contributed by atoms with Crippen molar-refractivity contribution in [1.29, 1.82) is 0 Å². The molecule has 9 heteroatoms. The minimum atomic E-state index is -1.46. The highest BCUT2D eigenvalue weighted by Crippen LogP contribution is 2.54. The Morgan fingerprint density at radius 1 is 1.32 bits per heavy atom. The van der Waals surface area contributed by atoms with E-state index in [1.54, 1.807) is 25.1 Å². The van der Waals surface area contributed by atoms with E-state index < -0.39 is 41.1 Å². The number of amides is 4. The van der Waals surface area contributed by atoms with Crippen LogP contribution in [0.4, 0.5) is 5.69 Å². The third-order valence-corrected chi connectivity index (χ3v) is 6.50. The van der Waals surface area contributed by atoms with Crippen LogP contribution in [0.15, 0.2) is 18.2 Å². The number of rotatable bonds is 4. The van der Waals surface area contributed by atoms with Crippen molar-refractivity contribution >= 4 is 40.9 Å². The standard InChI is InChI=1S/C19H21ClN4O4/c1-3-8(2)24-16(26)13-11(7-12(21)25)23-19(14(13)17(24)27)9-5-4-6-10(20)15(9)22-18(19)28/h4-6,8,11,13-14,23H,3,7H2,1-2H3,(H2,21,25)(H,22,28)/t8-,11-,13+,14-,19-/m0/s1. The number of hydrogen-bond donors (Lipinski definition) is 3. The summed E-state index contributed by atoms with van der Waals surface area (Å²) >= 11 is 6.25. The molecule has 0 aromatic heterocycles. The average molecular weight is 405 g/mol. The van der Waals surface area contributed by atoms with Gasteiger partial charge in [-0.1, -0.05) is 30.7 Å². The quantitative estimate of drug-likeness (QED) is 0.639. The zero-order valence-electron chi connectivity index (χ0n) is 15.5. The molecule has 0 aliphatic carbocycles. The molecule has 0 unspecified atom stereocenters. The van der Waals surface area contributed by atoms with Crippen molar-refractivity contribution in [2.45, 2.75) is 44.3 Å². The van der Waals surface area contributed by atoms with Crippen molar-refractivity contribution in [3.05, 3.63) is 28.8 Å². The predicted molar refractivity (Wildman–Crippen MR) is 101 cm³/mol. The van der Waals surface area contributed by atoms with Crippen molar-refractivity contribution < 1.29 is 19.2 Å². The fourth-order valence-electron chi connectivity index (χ4n) is 4.82. The van der Waals surface area contributed by atoms with Gasteiger partial charge in [-0.2, -0.15) is 0 Å². The van der Waals surface area contributed by atoms with Crippen LogP contribution in [0.2, 0.25) is 5.02 Å². The fourth-order valence-corrected chi connectivity index (χ4v) is 5.05. The van der Waals surface area contributed by atoms with E-state index in [0.29, 0.717) is 22.7 Å². The van der Waals surface area contributed by atoms with Crippen LogP contribution < -0.4 is 16.4 Å². The van der Waals surface area contributed by atoms with Crippen molar-refractivity contribution in [3.8, 4) is 0 Å². The maximum absolute atomic E-state index is 13.4. The number of hydrogen-bond acceptors (Lipinski definition) is 5. The van der Waals surface area contributed by atoms with E-state index in [2.05, 4.69) is 10.6 Å². The molecule has 0 saturated carbocycles. The Kier molecular flexibility index (Phi) is 4.24. The Bertz CT molecular complexity index is 919. The summed E-state index contributed by atoms with van der Waals surface area (Å²) in [7, 11) is 0. The van der Waals surface area contributed by atoms with Gasteiger partial charge in [0, 0.05) is 24.1 Å². The van der Waals surface area contributed by atoms with E-state index in [4.69, 9.17) is 17.3 Å². The number of carbonyl (C=O) groups excluding carboxylic acids is 4. The maximum Gasteiger partial charge on any atom is 0.250 e. The summed E-state index contributed by atoms with van der Waals surface area (Å²) in [6.45, 7) is 3.67. The average Bonchev–Trinajstić information content (AvgIpc) is 3.21. The number of nitrogens with two attached hydrogens (primary N) is 1. The van der Waals surface area contributed by atoms with Crippen LogP contribution in [0.1, 0.15) is 32.3 Å². The third kappa shape index (κ3) is 2.28.